The Labute approximate surface area is 123 Å². The van der Waals surface area contributed by atoms with E-state index in [9.17, 15) is 9.59 Å². The largest absolute Gasteiger partial charge is 0.469 e. The van der Waals surface area contributed by atoms with Crippen molar-refractivity contribution in [3.63, 3.8) is 0 Å². The summed E-state index contributed by atoms with van der Waals surface area (Å²) in [5.74, 6) is -0.313. The summed E-state index contributed by atoms with van der Waals surface area (Å²) in [5.41, 5.74) is 1.49. The van der Waals surface area contributed by atoms with Crippen LogP contribution in [0.15, 0.2) is 36.5 Å². The van der Waals surface area contributed by atoms with E-state index in [1.54, 1.807) is 6.20 Å². The highest BCUT2D eigenvalue weighted by Crippen LogP contribution is 2.20. The zero-order valence-electron chi connectivity index (χ0n) is 12.0. The average molecular weight is 286 g/mol. The maximum atomic E-state index is 11.9. The zero-order chi connectivity index (χ0) is 15.1. The third kappa shape index (κ3) is 4.27. The summed E-state index contributed by atoms with van der Waals surface area (Å²) in [4.78, 5) is 27.2. The number of ether oxygens (including phenoxy) is 1. The minimum absolute atomic E-state index is 0.0713. The fourth-order valence-electron chi connectivity index (χ4n) is 2.07. The van der Waals surface area contributed by atoms with Crippen molar-refractivity contribution in [2.75, 3.05) is 12.4 Å². The topological polar surface area (TPSA) is 68.3 Å². The first-order chi connectivity index (χ1) is 10.2. The van der Waals surface area contributed by atoms with Gasteiger partial charge in [-0.3, -0.25) is 14.6 Å². The van der Waals surface area contributed by atoms with Gasteiger partial charge in [0, 0.05) is 24.4 Å². The van der Waals surface area contributed by atoms with E-state index in [-0.39, 0.29) is 11.9 Å². The van der Waals surface area contributed by atoms with E-state index in [1.807, 2.05) is 30.3 Å². The second-order valence-corrected chi connectivity index (χ2v) is 4.71. The Morgan fingerprint density at radius 3 is 2.71 bits per heavy atom. The molecule has 0 atom stereocenters. The Morgan fingerprint density at radius 2 is 1.90 bits per heavy atom. The molecule has 0 bridgehead atoms. The number of carbonyl (C=O) groups is 2. The standard InChI is InChI=1S/C16H18N2O3/c1-21-15(20)10-3-2-9-14(19)18-13-8-4-6-12-7-5-11-17-16(12)13/h4-8,11H,2-3,9-10H2,1H3,(H,18,19). The first kappa shape index (κ1) is 15.0. The molecule has 0 radical (unpaired) electrons. The van der Waals surface area contributed by atoms with Crippen molar-refractivity contribution in [3.8, 4) is 0 Å². The molecule has 1 heterocycles. The number of methoxy groups -OCH3 is 1. The van der Waals surface area contributed by atoms with Gasteiger partial charge in [-0.15, -0.1) is 0 Å². The van der Waals surface area contributed by atoms with Crippen LogP contribution < -0.4 is 5.32 Å². The van der Waals surface area contributed by atoms with Gasteiger partial charge in [0.05, 0.1) is 18.3 Å². The number of pyridine rings is 1. The summed E-state index contributed by atoms with van der Waals surface area (Å²) in [5, 5.41) is 3.86. The number of esters is 1. The van der Waals surface area contributed by atoms with E-state index < -0.39 is 0 Å². The summed E-state index contributed by atoms with van der Waals surface area (Å²) < 4.78 is 4.55. The molecule has 2 rings (SSSR count). The molecule has 21 heavy (non-hydrogen) atoms. The zero-order valence-corrected chi connectivity index (χ0v) is 12.0. The lowest BCUT2D eigenvalue weighted by Crippen LogP contribution is -2.12. The average Bonchev–Trinajstić information content (AvgIpc) is 2.51. The number of aromatic nitrogens is 1. The molecule has 5 nitrogen and oxygen atoms in total. The maximum Gasteiger partial charge on any atom is 0.305 e. The van der Waals surface area contributed by atoms with Crippen LogP contribution in [0.5, 0.6) is 0 Å². The Kier molecular flexibility index (Phi) is 5.26. The molecule has 0 fully saturated rings. The van der Waals surface area contributed by atoms with E-state index >= 15 is 0 Å². The molecule has 0 aliphatic carbocycles. The summed E-state index contributed by atoms with van der Waals surface area (Å²) in [6.45, 7) is 0. The molecule has 0 saturated carbocycles. The first-order valence-corrected chi connectivity index (χ1v) is 6.91. The van der Waals surface area contributed by atoms with Gasteiger partial charge in [0.1, 0.15) is 0 Å². The predicted molar refractivity (Wildman–Crippen MR) is 80.9 cm³/mol. The number of rotatable bonds is 6. The van der Waals surface area contributed by atoms with Gasteiger partial charge in [0.25, 0.3) is 0 Å². The van der Waals surface area contributed by atoms with Gasteiger partial charge < -0.3 is 10.1 Å². The Bertz CT molecular complexity index is 635. The minimum Gasteiger partial charge on any atom is -0.469 e. The molecule has 110 valence electrons. The molecule has 0 unspecified atom stereocenters. The first-order valence-electron chi connectivity index (χ1n) is 6.91. The summed E-state index contributed by atoms with van der Waals surface area (Å²) in [7, 11) is 1.36. The molecular formula is C16H18N2O3. The van der Waals surface area contributed by atoms with Crippen molar-refractivity contribution in [3.05, 3.63) is 36.5 Å². The lowest BCUT2D eigenvalue weighted by Gasteiger charge is -2.07. The number of benzene rings is 1. The number of hydrogen-bond acceptors (Lipinski definition) is 4. The number of hydrogen-bond donors (Lipinski definition) is 1. The molecule has 0 aliphatic heterocycles. The highest BCUT2D eigenvalue weighted by Gasteiger charge is 2.07. The summed E-state index contributed by atoms with van der Waals surface area (Å²) in [6, 6.07) is 9.49. The van der Waals surface area contributed by atoms with E-state index in [0.717, 1.165) is 10.9 Å². The molecule has 0 spiro atoms. The van der Waals surface area contributed by atoms with Crippen molar-refractivity contribution in [2.24, 2.45) is 0 Å². The highest BCUT2D eigenvalue weighted by molar-refractivity contribution is 6.00. The van der Waals surface area contributed by atoms with E-state index in [1.165, 1.54) is 7.11 Å². The van der Waals surface area contributed by atoms with Gasteiger partial charge >= 0.3 is 5.97 Å². The lowest BCUT2D eigenvalue weighted by atomic mass is 10.1. The van der Waals surface area contributed by atoms with Crippen LogP contribution in [0, 0.1) is 0 Å². The van der Waals surface area contributed by atoms with Gasteiger partial charge in [-0.25, -0.2) is 0 Å². The molecule has 0 saturated heterocycles. The minimum atomic E-state index is -0.242. The fourth-order valence-corrected chi connectivity index (χ4v) is 2.07. The number of nitrogens with zero attached hydrogens (tertiary/aromatic N) is 1. The molecule has 5 heteroatoms. The molecule has 1 N–H and O–H groups in total. The molecule has 1 aromatic carbocycles. The Balaban J connectivity index is 1.88. The van der Waals surface area contributed by atoms with Crippen LogP contribution in [-0.2, 0) is 14.3 Å². The number of anilines is 1. The molecule has 1 amide bonds. The molecular weight excluding hydrogens is 268 g/mol. The number of fused-ring (bicyclic) bond motifs is 1. The van der Waals surface area contributed by atoms with Crippen molar-refractivity contribution < 1.29 is 14.3 Å². The number of amides is 1. The highest BCUT2D eigenvalue weighted by atomic mass is 16.5. The van der Waals surface area contributed by atoms with E-state index in [2.05, 4.69) is 15.0 Å². The third-order valence-corrected chi connectivity index (χ3v) is 3.17. The molecule has 0 aliphatic rings. The SMILES string of the molecule is COC(=O)CCCCC(=O)Nc1cccc2cccnc12. The predicted octanol–water partition coefficient (Wildman–Crippen LogP) is 2.91. The van der Waals surface area contributed by atoms with Crippen LogP contribution in [0.4, 0.5) is 5.69 Å². The maximum absolute atomic E-state index is 11.9. The second-order valence-electron chi connectivity index (χ2n) is 4.71. The van der Waals surface area contributed by atoms with Gasteiger partial charge in [-0.1, -0.05) is 18.2 Å². The fraction of sp³-hybridized carbons (Fsp3) is 0.312. The summed E-state index contributed by atoms with van der Waals surface area (Å²) in [6.07, 6.45) is 3.72. The van der Waals surface area contributed by atoms with Crippen molar-refractivity contribution in [1.82, 2.24) is 4.98 Å². The normalized spacial score (nSPS) is 10.3. The van der Waals surface area contributed by atoms with Gasteiger partial charge in [-0.2, -0.15) is 0 Å². The quantitative estimate of drug-likeness (QED) is 0.655. The van der Waals surface area contributed by atoms with Crippen molar-refractivity contribution in [2.45, 2.75) is 25.7 Å². The third-order valence-electron chi connectivity index (χ3n) is 3.17. The van der Waals surface area contributed by atoms with Gasteiger partial charge in [0.2, 0.25) is 5.91 Å². The van der Waals surface area contributed by atoms with Crippen LogP contribution in [-0.4, -0.2) is 24.0 Å². The monoisotopic (exact) mass is 286 g/mol. The smallest absolute Gasteiger partial charge is 0.305 e. The Hall–Kier alpha value is -2.43. The number of para-hydroxylation sites is 1. The van der Waals surface area contributed by atoms with E-state index in [0.29, 0.717) is 31.4 Å². The van der Waals surface area contributed by atoms with Crippen LogP contribution in [0.3, 0.4) is 0 Å². The number of carbonyl (C=O) groups excluding carboxylic acids is 2. The van der Waals surface area contributed by atoms with Crippen molar-refractivity contribution in [1.29, 1.82) is 0 Å². The van der Waals surface area contributed by atoms with Crippen LogP contribution >= 0.6 is 0 Å². The molecule has 2 aromatic rings. The Morgan fingerprint density at radius 1 is 1.14 bits per heavy atom. The van der Waals surface area contributed by atoms with Gasteiger partial charge in [-0.05, 0) is 25.0 Å². The van der Waals surface area contributed by atoms with Crippen LogP contribution in [0.25, 0.3) is 10.9 Å². The van der Waals surface area contributed by atoms with E-state index in [4.69, 9.17) is 0 Å². The lowest BCUT2D eigenvalue weighted by molar-refractivity contribution is -0.140. The number of nitrogens with one attached hydrogen (secondary N) is 1. The molecule has 1 aromatic heterocycles. The van der Waals surface area contributed by atoms with Crippen LogP contribution in [0.1, 0.15) is 25.7 Å². The number of unbranched alkanes of at least 4 members (excludes halogenated alkanes) is 1. The van der Waals surface area contributed by atoms with Crippen molar-refractivity contribution >= 4 is 28.5 Å². The van der Waals surface area contributed by atoms with Crippen LogP contribution in [0.2, 0.25) is 0 Å². The summed E-state index contributed by atoms with van der Waals surface area (Å²) >= 11 is 0. The van der Waals surface area contributed by atoms with Gasteiger partial charge in [0.15, 0.2) is 0 Å². The second kappa shape index (κ2) is 7.38.